The Bertz CT molecular complexity index is 848. The van der Waals surface area contributed by atoms with Crippen LogP contribution in [0.4, 0.5) is 0 Å². The van der Waals surface area contributed by atoms with Crippen molar-refractivity contribution in [3.8, 4) is 0 Å². The van der Waals surface area contributed by atoms with Crippen molar-refractivity contribution < 1.29 is 28.2 Å². The van der Waals surface area contributed by atoms with Crippen molar-refractivity contribution in [3.63, 3.8) is 0 Å². The lowest BCUT2D eigenvalue weighted by atomic mass is 9.77. The number of aliphatic carboxylic acids is 1. The first-order valence-electron chi connectivity index (χ1n) is 7.65. The Labute approximate surface area is 149 Å². The van der Waals surface area contributed by atoms with Crippen LogP contribution in [0.2, 0.25) is 5.02 Å². The number of aliphatic hydroxyl groups is 1. The highest BCUT2D eigenvalue weighted by Gasteiger charge is 2.51. The molecule has 3 rings (SSSR count). The molecule has 3 atom stereocenters. The van der Waals surface area contributed by atoms with Crippen LogP contribution in [0.1, 0.15) is 19.3 Å². The van der Waals surface area contributed by atoms with E-state index in [0.717, 1.165) is 0 Å². The molecular weight excluding hydrogens is 370 g/mol. The Morgan fingerprint density at radius 1 is 1.24 bits per heavy atom. The van der Waals surface area contributed by atoms with E-state index in [1.54, 1.807) is 0 Å². The van der Waals surface area contributed by atoms with Gasteiger partial charge in [-0.2, -0.15) is 4.31 Å². The molecule has 25 heavy (non-hydrogen) atoms. The third-order valence-corrected chi connectivity index (χ3v) is 6.94. The molecule has 1 aromatic rings. The summed E-state index contributed by atoms with van der Waals surface area (Å²) in [5, 5.41) is 19.1. The molecule has 2 N–H and O–H groups in total. The minimum absolute atomic E-state index is 0.00677. The van der Waals surface area contributed by atoms with Crippen molar-refractivity contribution in [2.75, 3.05) is 0 Å². The van der Waals surface area contributed by atoms with Gasteiger partial charge in [0, 0.05) is 23.1 Å². The van der Waals surface area contributed by atoms with E-state index < -0.39 is 34.0 Å². The first kappa shape index (κ1) is 17.9. The van der Waals surface area contributed by atoms with Crippen LogP contribution in [0, 0.1) is 5.92 Å². The molecule has 0 radical (unpaired) electrons. The molecule has 9 heteroatoms. The molecule has 2 saturated heterocycles. The fraction of sp³-hybridized carbons (Fsp3) is 0.375. The summed E-state index contributed by atoms with van der Waals surface area (Å²) in [6, 6.07) is 3.87. The summed E-state index contributed by atoms with van der Waals surface area (Å²) in [7, 11) is -3.98. The van der Waals surface area contributed by atoms with Gasteiger partial charge in [0.25, 0.3) is 0 Å². The van der Waals surface area contributed by atoms with Crippen molar-refractivity contribution in [2.24, 2.45) is 5.92 Å². The first-order chi connectivity index (χ1) is 11.8. The third-order valence-electron chi connectivity index (χ3n) is 4.71. The lowest BCUT2D eigenvalue weighted by molar-refractivity contribution is -0.145. The number of benzene rings is 1. The van der Waals surface area contributed by atoms with Crippen molar-refractivity contribution in [1.82, 2.24) is 4.31 Å². The minimum Gasteiger partial charge on any atom is -0.515 e. The van der Waals surface area contributed by atoms with Crippen LogP contribution >= 0.6 is 11.6 Å². The summed E-state index contributed by atoms with van der Waals surface area (Å²) in [5.74, 6) is -2.16. The fourth-order valence-corrected chi connectivity index (χ4v) is 5.50. The number of aliphatic hydroxyl groups excluding tert-OH is 1. The van der Waals surface area contributed by atoms with Gasteiger partial charge in [-0.25, -0.2) is 8.42 Å². The molecule has 2 bridgehead atoms. The van der Waals surface area contributed by atoms with Gasteiger partial charge in [0.05, 0.1) is 23.1 Å². The van der Waals surface area contributed by atoms with Crippen LogP contribution in [-0.2, 0) is 19.6 Å². The molecule has 2 aliphatic rings. The van der Waals surface area contributed by atoms with Gasteiger partial charge in [-0.05, 0) is 37.1 Å². The number of halogens is 1. The number of Topliss-reactive ketones (excluding diaryl/α,β-unsaturated/α-hetero) is 1. The Balaban J connectivity index is 2.07. The van der Waals surface area contributed by atoms with E-state index in [-0.39, 0.29) is 35.5 Å². The standard InChI is InChI=1S/C16H16ClNO6S/c17-10-1-3-12(4-2-10)25(23,24)18-11-5-9(16(21)22)6-14(18)13(8-19)15(20)7-11/h1-4,8-9,11,14,19H,5-7H2,(H,21,22)/b13-8-/t9-,11?,14?/m1/s1. The molecule has 0 spiro atoms. The number of carboxylic acids is 1. The Kier molecular flexibility index (Phi) is 4.61. The number of sulfonamides is 1. The van der Waals surface area contributed by atoms with E-state index in [1.807, 2.05) is 0 Å². The van der Waals surface area contributed by atoms with E-state index in [0.29, 0.717) is 11.3 Å². The summed E-state index contributed by atoms with van der Waals surface area (Å²) in [6.45, 7) is 0. The van der Waals surface area contributed by atoms with E-state index in [4.69, 9.17) is 11.6 Å². The fourth-order valence-electron chi connectivity index (χ4n) is 3.56. The van der Waals surface area contributed by atoms with E-state index in [1.165, 1.54) is 28.6 Å². The molecular formula is C16H16ClNO6S. The topological polar surface area (TPSA) is 112 Å². The average molecular weight is 386 g/mol. The van der Waals surface area contributed by atoms with Gasteiger partial charge < -0.3 is 10.2 Å². The van der Waals surface area contributed by atoms with Crippen LogP contribution in [-0.4, -0.2) is 46.8 Å². The van der Waals surface area contributed by atoms with Crippen LogP contribution in [0.5, 0.6) is 0 Å². The van der Waals surface area contributed by atoms with Gasteiger partial charge in [0.15, 0.2) is 5.78 Å². The SMILES string of the molecule is O=C1CC2C[C@@H](C(=O)O)CC(/C1=C/O)N2S(=O)(=O)c1ccc(Cl)cc1. The number of carbonyl (C=O) groups is 2. The average Bonchev–Trinajstić information content (AvgIpc) is 2.54. The number of ketones is 1. The molecule has 0 saturated carbocycles. The zero-order chi connectivity index (χ0) is 18.4. The largest absolute Gasteiger partial charge is 0.515 e. The molecule has 7 nitrogen and oxygen atoms in total. The molecule has 2 unspecified atom stereocenters. The quantitative estimate of drug-likeness (QED) is 0.607. The molecule has 0 amide bonds. The monoisotopic (exact) mass is 385 g/mol. The second kappa shape index (κ2) is 6.44. The third kappa shape index (κ3) is 3.05. The maximum Gasteiger partial charge on any atom is 0.306 e. The van der Waals surface area contributed by atoms with Gasteiger partial charge in [-0.15, -0.1) is 0 Å². The Morgan fingerprint density at radius 2 is 1.88 bits per heavy atom. The maximum atomic E-state index is 13.1. The number of rotatable bonds is 3. The van der Waals surface area contributed by atoms with Crippen molar-refractivity contribution >= 4 is 33.4 Å². The summed E-state index contributed by atoms with van der Waals surface area (Å²) >= 11 is 5.80. The predicted molar refractivity (Wildman–Crippen MR) is 88.7 cm³/mol. The highest BCUT2D eigenvalue weighted by molar-refractivity contribution is 7.89. The number of carbonyl (C=O) groups excluding carboxylic acids is 1. The van der Waals surface area contributed by atoms with Gasteiger partial charge in [-0.1, -0.05) is 11.6 Å². The Morgan fingerprint density at radius 3 is 2.44 bits per heavy atom. The molecule has 2 heterocycles. The summed E-state index contributed by atoms with van der Waals surface area (Å²) < 4.78 is 27.3. The molecule has 134 valence electrons. The summed E-state index contributed by atoms with van der Waals surface area (Å²) in [6.07, 6.45) is 0.442. The molecule has 0 aromatic heterocycles. The summed E-state index contributed by atoms with van der Waals surface area (Å²) in [4.78, 5) is 23.5. The number of hydrogen-bond acceptors (Lipinski definition) is 5. The second-order valence-corrected chi connectivity index (χ2v) is 8.46. The Hall–Kier alpha value is -1.90. The highest BCUT2D eigenvalue weighted by atomic mass is 35.5. The van der Waals surface area contributed by atoms with E-state index in [2.05, 4.69) is 0 Å². The van der Waals surface area contributed by atoms with Gasteiger partial charge in [-0.3, -0.25) is 9.59 Å². The second-order valence-electron chi connectivity index (χ2n) is 6.18. The zero-order valence-corrected chi connectivity index (χ0v) is 14.6. The van der Waals surface area contributed by atoms with Crippen molar-refractivity contribution in [1.29, 1.82) is 0 Å². The molecule has 2 aliphatic heterocycles. The van der Waals surface area contributed by atoms with E-state index in [9.17, 15) is 28.2 Å². The van der Waals surface area contributed by atoms with Crippen molar-refractivity contribution in [2.45, 2.75) is 36.2 Å². The molecule has 2 fully saturated rings. The first-order valence-corrected chi connectivity index (χ1v) is 9.47. The van der Waals surface area contributed by atoms with Crippen LogP contribution < -0.4 is 0 Å². The number of hydrogen-bond donors (Lipinski definition) is 2. The number of fused-ring (bicyclic) bond motifs is 2. The molecule has 1 aromatic carbocycles. The van der Waals surface area contributed by atoms with Gasteiger partial charge in [0.1, 0.15) is 0 Å². The van der Waals surface area contributed by atoms with Crippen LogP contribution in [0.3, 0.4) is 0 Å². The lowest BCUT2D eigenvalue weighted by Gasteiger charge is -2.46. The highest BCUT2D eigenvalue weighted by Crippen LogP contribution is 2.41. The number of nitrogens with zero attached hydrogens (tertiary/aromatic N) is 1. The normalized spacial score (nSPS) is 28.9. The molecule has 0 aliphatic carbocycles. The van der Waals surface area contributed by atoms with Crippen LogP contribution in [0.25, 0.3) is 0 Å². The number of piperidine rings is 2. The predicted octanol–water partition coefficient (Wildman–Crippen LogP) is 1.98. The number of carboxylic acid groups (broad SMARTS) is 1. The van der Waals surface area contributed by atoms with Gasteiger partial charge >= 0.3 is 5.97 Å². The minimum atomic E-state index is -3.98. The summed E-state index contributed by atoms with van der Waals surface area (Å²) in [5.41, 5.74) is -0.0697. The lowest BCUT2D eigenvalue weighted by Crippen LogP contribution is -2.58. The maximum absolute atomic E-state index is 13.1. The smallest absolute Gasteiger partial charge is 0.306 e. The van der Waals surface area contributed by atoms with Crippen LogP contribution in [0.15, 0.2) is 41.0 Å². The van der Waals surface area contributed by atoms with Gasteiger partial charge in [0.2, 0.25) is 10.0 Å². The zero-order valence-electron chi connectivity index (χ0n) is 13.0. The van der Waals surface area contributed by atoms with E-state index >= 15 is 0 Å². The van der Waals surface area contributed by atoms with Crippen molar-refractivity contribution in [3.05, 3.63) is 41.1 Å².